The number of anilines is 2. The van der Waals surface area contributed by atoms with Gasteiger partial charge >= 0.3 is 6.03 Å². The van der Waals surface area contributed by atoms with Gasteiger partial charge in [-0.1, -0.05) is 23.7 Å². The Labute approximate surface area is 182 Å². The van der Waals surface area contributed by atoms with Crippen LogP contribution < -0.4 is 18.7 Å². The Morgan fingerprint density at radius 1 is 1.13 bits per heavy atom. The second kappa shape index (κ2) is 8.41. The van der Waals surface area contributed by atoms with Crippen LogP contribution in [0.15, 0.2) is 59.6 Å². The predicted octanol–water partition coefficient (Wildman–Crippen LogP) is 5.55. The molecule has 30 heavy (non-hydrogen) atoms. The van der Waals surface area contributed by atoms with E-state index in [1.165, 1.54) is 47.5 Å². The van der Waals surface area contributed by atoms with Crippen molar-refractivity contribution >= 4 is 41.0 Å². The number of benzene rings is 2. The fourth-order valence-corrected chi connectivity index (χ4v) is 4.30. The van der Waals surface area contributed by atoms with Crippen molar-refractivity contribution in [2.24, 2.45) is 0 Å². The molecule has 0 unspecified atom stereocenters. The highest BCUT2D eigenvalue weighted by atomic mass is 35.5. The van der Waals surface area contributed by atoms with Gasteiger partial charge in [0.15, 0.2) is 0 Å². The molecule has 0 N–H and O–H groups in total. The summed E-state index contributed by atoms with van der Waals surface area (Å²) in [4.78, 5) is 19.9. The molecule has 0 bridgehead atoms. The Balaban J connectivity index is 1.73. The van der Waals surface area contributed by atoms with E-state index < -0.39 is 5.82 Å². The second-order valence-electron chi connectivity index (χ2n) is 6.35. The lowest BCUT2D eigenvalue weighted by atomic mass is 10.1. The summed E-state index contributed by atoms with van der Waals surface area (Å²) in [6.45, 7) is -0.0366. The standard InChI is InChI=1S/C21H17ClFN3O3S/c1-28-14-9-16(22)15(17(23)10-14)12-25-18-5-3-4-6-19(18)30-26(21(25)27)13-7-8-20(29-2)24-11-13/h3-11H,12H2,1-2H3. The summed E-state index contributed by atoms with van der Waals surface area (Å²) in [7, 11) is 2.96. The quantitative estimate of drug-likeness (QED) is 0.482. The smallest absolute Gasteiger partial charge is 0.339 e. The largest absolute Gasteiger partial charge is 0.497 e. The summed E-state index contributed by atoms with van der Waals surface area (Å²) < 4.78 is 26.4. The third kappa shape index (κ3) is 3.76. The number of carbonyl (C=O) groups is 1. The first-order valence-electron chi connectivity index (χ1n) is 8.92. The molecular weight excluding hydrogens is 429 g/mol. The summed E-state index contributed by atoms with van der Waals surface area (Å²) in [6, 6.07) is 13.3. The Kier molecular flexibility index (Phi) is 5.69. The lowest BCUT2D eigenvalue weighted by Gasteiger charge is -2.36. The van der Waals surface area contributed by atoms with Gasteiger partial charge in [0.05, 0.1) is 48.3 Å². The number of ether oxygens (including phenoxy) is 2. The molecule has 2 heterocycles. The molecule has 1 aliphatic rings. The lowest BCUT2D eigenvalue weighted by molar-refractivity contribution is 0.254. The van der Waals surface area contributed by atoms with E-state index in [0.29, 0.717) is 23.0 Å². The number of amides is 2. The molecule has 0 radical (unpaired) electrons. The number of nitrogens with zero attached hydrogens (tertiary/aromatic N) is 3. The molecule has 3 aromatic rings. The van der Waals surface area contributed by atoms with E-state index in [9.17, 15) is 9.18 Å². The van der Waals surface area contributed by atoms with Gasteiger partial charge in [0.1, 0.15) is 11.6 Å². The van der Waals surface area contributed by atoms with Crippen LogP contribution in [0.1, 0.15) is 5.56 Å². The summed E-state index contributed by atoms with van der Waals surface area (Å²) in [5.41, 5.74) is 1.46. The van der Waals surface area contributed by atoms with Crippen molar-refractivity contribution in [2.45, 2.75) is 11.4 Å². The van der Waals surface area contributed by atoms with Crippen molar-refractivity contribution in [3.8, 4) is 11.6 Å². The van der Waals surface area contributed by atoms with Gasteiger partial charge in [-0.25, -0.2) is 18.5 Å². The normalized spacial score (nSPS) is 13.3. The minimum atomic E-state index is -0.541. The fourth-order valence-electron chi connectivity index (χ4n) is 3.04. The molecule has 2 amide bonds. The summed E-state index contributed by atoms with van der Waals surface area (Å²) in [5.74, 6) is 0.214. The molecule has 0 aliphatic carbocycles. The van der Waals surface area contributed by atoms with Crippen LogP contribution in [0.4, 0.5) is 20.6 Å². The number of halogens is 2. The van der Waals surface area contributed by atoms with Crippen LogP contribution in [0.5, 0.6) is 11.6 Å². The summed E-state index contributed by atoms with van der Waals surface area (Å²) in [5, 5.41) is 0.188. The second-order valence-corrected chi connectivity index (χ2v) is 7.75. The third-order valence-electron chi connectivity index (χ3n) is 4.58. The number of rotatable bonds is 5. The van der Waals surface area contributed by atoms with Crippen molar-refractivity contribution in [3.05, 3.63) is 71.1 Å². The van der Waals surface area contributed by atoms with E-state index in [-0.39, 0.29) is 23.2 Å². The fraction of sp³-hybridized carbons (Fsp3) is 0.143. The van der Waals surface area contributed by atoms with Crippen LogP contribution in [-0.4, -0.2) is 25.2 Å². The van der Waals surface area contributed by atoms with Crippen LogP contribution in [-0.2, 0) is 6.54 Å². The van der Waals surface area contributed by atoms with E-state index in [4.69, 9.17) is 21.1 Å². The van der Waals surface area contributed by atoms with Crippen molar-refractivity contribution < 1.29 is 18.7 Å². The van der Waals surface area contributed by atoms with E-state index in [1.807, 2.05) is 24.3 Å². The topological polar surface area (TPSA) is 54.9 Å². The minimum Gasteiger partial charge on any atom is -0.497 e. The molecule has 0 saturated carbocycles. The molecule has 2 aromatic carbocycles. The molecular formula is C21H17ClFN3O3S. The molecule has 1 aliphatic heterocycles. The van der Waals surface area contributed by atoms with Crippen LogP contribution >= 0.6 is 23.5 Å². The maximum absolute atomic E-state index is 14.7. The zero-order chi connectivity index (χ0) is 21.3. The molecule has 1 aromatic heterocycles. The monoisotopic (exact) mass is 445 g/mol. The van der Waals surface area contributed by atoms with Crippen LogP contribution in [0, 0.1) is 5.82 Å². The number of hydrogen-bond acceptors (Lipinski definition) is 5. The number of para-hydroxylation sites is 1. The van der Waals surface area contributed by atoms with Crippen LogP contribution in [0.25, 0.3) is 0 Å². The SMILES string of the molecule is COc1cc(F)c(CN2C(=O)N(c3ccc(OC)nc3)Sc3ccccc32)c(Cl)c1. The number of methoxy groups -OCH3 is 2. The maximum atomic E-state index is 14.7. The molecule has 0 atom stereocenters. The Morgan fingerprint density at radius 2 is 1.93 bits per heavy atom. The average Bonchev–Trinajstić information content (AvgIpc) is 2.77. The van der Waals surface area contributed by atoms with E-state index in [2.05, 4.69) is 4.98 Å². The molecule has 0 saturated heterocycles. The molecule has 4 rings (SSSR count). The first-order chi connectivity index (χ1) is 14.5. The maximum Gasteiger partial charge on any atom is 0.339 e. The number of hydrogen-bond donors (Lipinski definition) is 0. The number of pyridine rings is 1. The third-order valence-corrected chi connectivity index (χ3v) is 6.01. The number of fused-ring (bicyclic) bond motifs is 1. The van der Waals surface area contributed by atoms with Gasteiger partial charge in [-0.3, -0.25) is 4.90 Å². The van der Waals surface area contributed by atoms with Gasteiger partial charge in [0.2, 0.25) is 5.88 Å². The van der Waals surface area contributed by atoms with E-state index in [0.717, 1.165) is 4.90 Å². The molecule has 0 spiro atoms. The van der Waals surface area contributed by atoms with Gasteiger partial charge < -0.3 is 9.47 Å². The molecule has 9 heteroatoms. The van der Waals surface area contributed by atoms with Crippen LogP contribution in [0.3, 0.4) is 0 Å². The highest BCUT2D eigenvalue weighted by Crippen LogP contribution is 2.42. The zero-order valence-electron chi connectivity index (χ0n) is 16.1. The van der Waals surface area contributed by atoms with Gasteiger partial charge in [-0.15, -0.1) is 0 Å². The van der Waals surface area contributed by atoms with Crippen molar-refractivity contribution in [1.29, 1.82) is 0 Å². The number of carbonyl (C=O) groups excluding carboxylic acids is 1. The van der Waals surface area contributed by atoms with Gasteiger partial charge in [0, 0.05) is 17.7 Å². The van der Waals surface area contributed by atoms with Crippen LogP contribution in [0.2, 0.25) is 5.02 Å². The van der Waals surface area contributed by atoms with Gasteiger partial charge in [-0.2, -0.15) is 0 Å². The average molecular weight is 446 g/mol. The highest BCUT2D eigenvalue weighted by Gasteiger charge is 2.33. The lowest BCUT2D eigenvalue weighted by Crippen LogP contribution is -2.43. The number of urea groups is 1. The Bertz CT molecular complexity index is 1070. The summed E-state index contributed by atoms with van der Waals surface area (Å²) in [6.07, 6.45) is 1.55. The Morgan fingerprint density at radius 3 is 2.60 bits per heavy atom. The highest BCUT2D eigenvalue weighted by molar-refractivity contribution is 8.01. The number of aromatic nitrogens is 1. The summed E-state index contributed by atoms with van der Waals surface area (Å²) >= 11 is 7.57. The van der Waals surface area contributed by atoms with E-state index >= 15 is 0 Å². The first-order valence-corrected chi connectivity index (χ1v) is 10.1. The first kappa shape index (κ1) is 20.3. The van der Waals surface area contributed by atoms with E-state index in [1.54, 1.807) is 18.3 Å². The molecule has 0 fully saturated rings. The van der Waals surface area contributed by atoms with Crippen molar-refractivity contribution in [1.82, 2.24) is 4.98 Å². The minimum absolute atomic E-state index is 0.0366. The van der Waals surface area contributed by atoms with Crippen molar-refractivity contribution in [2.75, 3.05) is 23.4 Å². The Hall–Kier alpha value is -2.97. The van der Waals surface area contributed by atoms with Crippen molar-refractivity contribution in [3.63, 3.8) is 0 Å². The molecule has 154 valence electrons. The zero-order valence-corrected chi connectivity index (χ0v) is 17.7. The molecule has 6 nitrogen and oxygen atoms in total. The predicted molar refractivity (Wildman–Crippen MR) is 115 cm³/mol. The van der Waals surface area contributed by atoms with Gasteiger partial charge in [-0.05, 0) is 36.2 Å². The van der Waals surface area contributed by atoms with Gasteiger partial charge in [0.25, 0.3) is 0 Å².